The number of hydrogen-bond donors (Lipinski definition) is 2. The first-order valence-corrected chi connectivity index (χ1v) is 8.81. The van der Waals surface area contributed by atoms with Crippen LogP contribution < -0.4 is 10.1 Å². The lowest BCUT2D eigenvalue weighted by molar-refractivity contribution is 0.290. The molecule has 0 spiro atoms. The highest BCUT2D eigenvalue weighted by atomic mass is 16.5. The molecule has 0 unspecified atom stereocenters. The number of ether oxygens (including phenoxy) is 1. The van der Waals surface area contributed by atoms with Gasteiger partial charge in [-0.05, 0) is 34.7 Å². The Hall–Kier alpha value is -2.69. The number of pyridine rings is 1. The van der Waals surface area contributed by atoms with Crippen molar-refractivity contribution in [3.8, 4) is 17.0 Å². The molecule has 0 aliphatic rings. The van der Waals surface area contributed by atoms with Gasteiger partial charge < -0.3 is 15.2 Å². The normalized spacial score (nSPS) is 10.7. The average molecular weight is 348 g/mol. The van der Waals surface area contributed by atoms with Gasteiger partial charge in [0.15, 0.2) is 0 Å². The topological polar surface area (TPSA) is 54.4 Å². The molecule has 0 amide bonds. The Labute approximate surface area is 154 Å². The zero-order valence-electron chi connectivity index (χ0n) is 15.0. The second-order valence-electron chi connectivity index (χ2n) is 6.15. The van der Waals surface area contributed by atoms with E-state index in [9.17, 15) is 0 Å². The van der Waals surface area contributed by atoms with Gasteiger partial charge in [0.2, 0.25) is 5.88 Å². The van der Waals surface area contributed by atoms with Gasteiger partial charge in [-0.15, -0.1) is 0 Å². The molecule has 0 aliphatic heterocycles. The van der Waals surface area contributed by atoms with Crippen LogP contribution in [0.1, 0.15) is 16.7 Å². The zero-order chi connectivity index (χ0) is 18.2. The quantitative estimate of drug-likeness (QED) is 0.609. The summed E-state index contributed by atoms with van der Waals surface area (Å²) >= 11 is 0. The Morgan fingerprint density at radius 3 is 2.58 bits per heavy atom. The van der Waals surface area contributed by atoms with E-state index in [1.807, 2.05) is 18.2 Å². The number of nitrogens with one attached hydrogen (secondary N) is 1. The monoisotopic (exact) mass is 348 g/mol. The molecule has 1 aromatic heterocycles. The van der Waals surface area contributed by atoms with Crippen molar-refractivity contribution in [1.82, 2.24) is 10.3 Å². The predicted molar refractivity (Wildman–Crippen MR) is 104 cm³/mol. The molecule has 0 aliphatic carbocycles. The molecule has 0 bridgehead atoms. The minimum atomic E-state index is 0.135. The summed E-state index contributed by atoms with van der Waals surface area (Å²) in [7, 11) is 0. The fraction of sp³-hybridized carbons (Fsp3) is 0.227. The van der Waals surface area contributed by atoms with Crippen molar-refractivity contribution >= 4 is 0 Å². The molecule has 1 heterocycles. The van der Waals surface area contributed by atoms with E-state index < -0.39 is 0 Å². The van der Waals surface area contributed by atoms with E-state index in [0.29, 0.717) is 25.6 Å². The standard InChI is InChI=1S/C22H24N2O2/c1-17-20(8-5-9-21(17)19-6-3-2-4-7-19)16-26-22-11-10-18(15-24-22)14-23-12-13-25/h2-11,15,23,25H,12-14,16H2,1H3. The van der Waals surface area contributed by atoms with E-state index in [4.69, 9.17) is 9.84 Å². The first-order chi connectivity index (χ1) is 12.8. The molecule has 0 saturated carbocycles. The molecule has 4 heteroatoms. The van der Waals surface area contributed by atoms with Crippen LogP contribution in [0.3, 0.4) is 0 Å². The van der Waals surface area contributed by atoms with Gasteiger partial charge in [0, 0.05) is 25.4 Å². The van der Waals surface area contributed by atoms with Crippen LogP contribution in [0.2, 0.25) is 0 Å². The van der Waals surface area contributed by atoms with Crippen LogP contribution in [0.15, 0.2) is 66.9 Å². The maximum atomic E-state index is 8.78. The van der Waals surface area contributed by atoms with Gasteiger partial charge in [-0.25, -0.2) is 4.98 Å². The molecular weight excluding hydrogens is 324 g/mol. The summed E-state index contributed by atoms with van der Waals surface area (Å²) in [6.07, 6.45) is 1.80. The minimum absolute atomic E-state index is 0.135. The third kappa shape index (κ3) is 4.69. The summed E-state index contributed by atoms with van der Waals surface area (Å²) in [6.45, 7) is 4.02. The van der Waals surface area contributed by atoms with Crippen LogP contribution in [-0.4, -0.2) is 23.2 Å². The van der Waals surface area contributed by atoms with Gasteiger partial charge in [-0.2, -0.15) is 0 Å². The van der Waals surface area contributed by atoms with Crippen LogP contribution >= 0.6 is 0 Å². The second-order valence-corrected chi connectivity index (χ2v) is 6.15. The van der Waals surface area contributed by atoms with Crippen LogP contribution in [0.25, 0.3) is 11.1 Å². The molecule has 3 rings (SSSR count). The Balaban J connectivity index is 1.65. The molecule has 2 aromatic carbocycles. The third-order valence-corrected chi connectivity index (χ3v) is 4.32. The average Bonchev–Trinajstić information content (AvgIpc) is 2.69. The summed E-state index contributed by atoms with van der Waals surface area (Å²) < 4.78 is 5.87. The lowest BCUT2D eigenvalue weighted by atomic mass is 9.97. The van der Waals surface area contributed by atoms with E-state index in [0.717, 1.165) is 11.1 Å². The van der Waals surface area contributed by atoms with Crippen LogP contribution in [-0.2, 0) is 13.2 Å². The Morgan fingerprint density at radius 2 is 1.85 bits per heavy atom. The molecule has 26 heavy (non-hydrogen) atoms. The fourth-order valence-electron chi connectivity index (χ4n) is 2.83. The number of aromatic nitrogens is 1. The number of rotatable bonds is 8. The second kappa shape index (κ2) is 9.13. The lowest BCUT2D eigenvalue weighted by Crippen LogP contribution is -2.17. The highest BCUT2D eigenvalue weighted by Gasteiger charge is 2.07. The largest absolute Gasteiger partial charge is 0.473 e. The summed E-state index contributed by atoms with van der Waals surface area (Å²) in [5.41, 5.74) is 5.88. The van der Waals surface area contributed by atoms with Crippen molar-refractivity contribution < 1.29 is 9.84 Å². The molecule has 3 aromatic rings. The minimum Gasteiger partial charge on any atom is -0.473 e. The summed E-state index contributed by atoms with van der Waals surface area (Å²) in [5.74, 6) is 0.612. The van der Waals surface area contributed by atoms with Crippen molar-refractivity contribution in [3.05, 3.63) is 83.6 Å². The first-order valence-electron chi connectivity index (χ1n) is 8.81. The predicted octanol–water partition coefficient (Wildman–Crippen LogP) is 3.72. The molecule has 4 nitrogen and oxygen atoms in total. The van der Waals surface area contributed by atoms with Crippen molar-refractivity contribution in [1.29, 1.82) is 0 Å². The molecule has 0 atom stereocenters. The van der Waals surface area contributed by atoms with Gasteiger partial charge in [0.1, 0.15) is 6.61 Å². The van der Waals surface area contributed by atoms with Crippen LogP contribution in [0.5, 0.6) is 5.88 Å². The molecule has 134 valence electrons. The number of hydrogen-bond acceptors (Lipinski definition) is 4. The molecule has 0 saturated heterocycles. The van der Waals surface area contributed by atoms with E-state index in [1.54, 1.807) is 6.20 Å². The van der Waals surface area contributed by atoms with Gasteiger partial charge in [-0.3, -0.25) is 0 Å². The summed E-state index contributed by atoms with van der Waals surface area (Å²) in [4.78, 5) is 4.36. The molecular formula is C22H24N2O2. The first kappa shape index (κ1) is 18.1. The number of benzene rings is 2. The van der Waals surface area contributed by atoms with E-state index in [-0.39, 0.29) is 6.61 Å². The maximum Gasteiger partial charge on any atom is 0.213 e. The van der Waals surface area contributed by atoms with Gasteiger partial charge >= 0.3 is 0 Å². The molecule has 0 radical (unpaired) electrons. The smallest absolute Gasteiger partial charge is 0.213 e. The Kier molecular flexibility index (Phi) is 6.36. The highest BCUT2D eigenvalue weighted by Crippen LogP contribution is 2.26. The van der Waals surface area contributed by atoms with Gasteiger partial charge in [0.05, 0.1) is 6.61 Å². The Bertz CT molecular complexity index is 817. The van der Waals surface area contributed by atoms with Crippen molar-refractivity contribution in [2.45, 2.75) is 20.1 Å². The SMILES string of the molecule is Cc1c(COc2ccc(CNCCO)cn2)cccc1-c1ccccc1. The summed E-state index contributed by atoms with van der Waals surface area (Å²) in [5, 5.41) is 11.9. The zero-order valence-corrected chi connectivity index (χ0v) is 15.0. The van der Waals surface area contributed by atoms with Crippen molar-refractivity contribution in [2.24, 2.45) is 0 Å². The number of nitrogens with zero attached hydrogens (tertiary/aromatic N) is 1. The highest BCUT2D eigenvalue weighted by molar-refractivity contribution is 5.68. The Morgan fingerprint density at radius 1 is 1.00 bits per heavy atom. The van der Waals surface area contributed by atoms with Gasteiger partial charge in [-0.1, -0.05) is 54.6 Å². The maximum absolute atomic E-state index is 8.78. The molecule has 2 N–H and O–H groups in total. The van der Waals surface area contributed by atoms with Crippen LogP contribution in [0.4, 0.5) is 0 Å². The van der Waals surface area contributed by atoms with Crippen molar-refractivity contribution in [3.63, 3.8) is 0 Å². The number of aliphatic hydroxyl groups is 1. The third-order valence-electron chi connectivity index (χ3n) is 4.32. The van der Waals surface area contributed by atoms with Crippen molar-refractivity contribution in [2.75, 3.05) is 13.2 Å². The van der Waals surface area contributed by atoms with E-state index in [2.05, 4.69) is 59.7 Å². The van der Waals surface area contributed by atoms with E-state index >= 15 is 0 Å². The fourth-order valence-corrected chi connectivity index (χ4v) is 2.83. The lowest BCUT2D eigenvalue weighted by Gasteiger charge is -2.12. The molecule has 0 fully saturated rings. The summed E-state index contributed by atoms with van der Waals surface area (Å²) in [6, 6.07) is 20.5. The van der Waals surface area contributed by atoms with Gasteiger partial charge in [0.25, 0.3) is 0 Å². The number of aliphatic hydroxyl groups excluding tert-OH is 1. The van der Waals surface area contributed by atoms with E-state index in [1.165, 1.54) is 16.7 Å². The van der Waals surface area contributed by atoms with Crippen LogP contribution in [0, 0.1) is 6.92 Å².